The molecule has 0 saturated heterocycles. The predicted molar refractivity (Wildman–Crippen MR) is 74.1 cm³/mol. The van der Waals surface area contributed by atoms with E-state index < -0.39 is 0 Å². The molecule has 94 valence electrons. The molecule has 17 heavy (non-hydrogen) atoms. The van der Waals surface area contributed by atoms with Crippen LogP contribution in [0.2, 0.25) is 0 Å². The Bertz CT molecular complexity index is 377. The Morgan fingerprint density at radius 2 is 1.65 bits per heavy atom. The maximum absolute atomic E-state index is 6.54. The molecule has 1 fully saturated rings. The molecular formula is C16H25N. The van der Waals surface area contributed by atoms with Gasteiger partial charge >= 0.3 is 0 Å². The highest BCUT2D eigenvalue weighted by molar-refractivity contribution is 5.24. The van der Waals surface area contributed by atoms with Crippen LogP contribution in [0.4, 0.5) is 0 Å². The van der Waals surface area contributed by atoms with E-state index in [9.17, 15) is 0 Å². The Kier molecular flexibility index (Phi) is 3.31. The van der Waals surface area contributed by atoms with Crippen molar-refractivity contribution in [2.45, 2.75) is 58.4 Å². The van der Waals surface area contributed by atoms with Crippen LogP contribution in [0, 0.1) is 5.41 Å². The second-order valence-corrected chi connectivity index (χ2v) is 6.55. The zero-order chi connectivity index (χ0) is 12.5. The van der Waals surface area contributed by atoms with Crippen molar-refractivity contribution in [2.24, 2.45) is 11.1 Å². The van der Waals surface area contributed by atoms with Crippen molar-refractivity contribution in [3.8, 4) is 0 Å². The number of hydrogen-bond donors (Lipinski definition) is 1. The summed E-state index contributed by atoms with van der Waals surface area (Å²) in [4.78, 5) is 0. The molecule has 0 heterocycles. The molecule has 0 aliphatic heterocycles. The maximum atomic E-state index is 6.54. The number of rotatable bonds is 3. The molecule has 1 aliphatic rings. The summed E-state index contributed by atoms with van der Waals surface area (Å²) in [6.45, 7) is 6.86. The monoisotopic (exact) mass is 231 g/mol. The first-order valence-electron chi connectivity index (χ1n) is 6.79. The molecular weight excluding hydrogens is 206 g/mol. The van der Waals surface area contributed by atoms with Crippen LogP contribution in [-0.4, -0.2) is 5.54 Å². The lowest BCUT2D eigenvalue weighted by molar-refractivity contribution is 0.334. The van der Waals surface area contributed by atoms with Crippen molar-refractivity contribution in [3.63, 3.8) is 0 Å². The van der Waals surface area contributed by atoms with Crippen molar-refractivity contribution in [1.29, 1.82) is 0 Å². The minimum atomic E-state index is 0.0250. The number of benzene rings is 1. The standard InChI is InChI=1S/C16H25N/c1-4-13-5-7-14(8-6-13)11-16(17)10-9-15(2,3)12-16/h5-8H,4,9-12,17H2,1-3H3. The summed E-state index contributed by atoms with van der Waals surface area (Å²) in [5, 5.41) is 0. The minimum Gasteiger partial charge on any atom is -0.325 e. The molecule has 0 amide bonds. The molecule has 2 N–H and O–H groups in total. The van der Waals surface area contributed by atoms with Gasteiger partial charge in [-0.15, -0.1) is 0 Å². The summed E-state index contributed by atoms with van der Waals surface area (Å²) >= 11 is 0. The number of aryl methyl sites for hydroxylation is 1. The van der Waals surface area contributed by atoms with Crippen molar-refractivity contribution in [1.82, 2.24) is 0 Å². The fourth-order valence-corrected chi connectivity index (χ4v) is 3.17. The van der Waals surface area contributed by atoms with Crippen LogP contribution >= 0.6 is 0 Å². The average molecular weight is 231 g/mol. The molecule has 1 atom stereocenters. The number of hydrogen-bond acceptors (Lipinski definition) is 1. The van der Waals surface area contributed by atoms with Crippen LogP contribution in [0.25, 0.3) is 0 Å². The molecule has 2 rings (SSSR count). The van der Waals surface area contributed by atoms with E-state index in [0.29, 0.717) is 5.41 Å². The third kappa shape index (κ3) is 3.10. The topological polar surface area (TPSA) is 26.0 Å². The van der Waals surface area contributed by atoms with E-state index >= 15 is 0 Å². The van der Waals surface area contributed by atoms with Gasteiger partial charge in [0.25, 0.3) is 0 Å². The van der Waals surface area contributed by atoms with Gasteiger partial charge < -0.3 is 5.73 Å². The molecule has 0 spiro atoms. The van der Waals surface area contributed by atoms with Crippen LogP contribution in [-0.2, 0) is 12.8 Å². The van der Waals surface area contributed by atoms with E-state index in [1.165, 1.54) is 17.5 Å². The Morgan fingerprint density at radius 1 is 1.06 bits per heavy atom. The van der Waals surface area contributed by atoms with E-state index in [2.05, 4.69) is 45.0 Å². The Morgan fingerprint density at radius 3 is 2.12 bits per heavy atom. The van der Waals surface area contributed by atoms with Gasteiger partial charge in [0, 0.05) is 5.54 Å². The van der Waals surface area contributed by atoms with E-state index in [0.717, 1.165) is 25.7 Å². The molecule has 1 unspecified atom stereocenters. The van der Waals surface area contributed by atoms with Crippen LogP contribution in [0.5, 0.6) is 0 Å². The highest BCUT2D eigenvalue weighted by Gasteiger charge is 2.40. The summed E-state index contributed by atoms with van der Waals surface area (Å²) in [5.74, 6) is 0. The van der Waals surface area contributed by atoms with Crippen LogP contribution in [0.15, 0.2) is 24.3 Å². The van der Waals surface area contributed by atoms with Gasteiger partial charge in [0.15, 0.2) is 0 Å². The SMILES string of the molecule is CCc1ccc(CC2(N)CCC(C)(C)C2)cc1. The fourth-order valence-electron chi connectivity index (χ4n) is 3.17. The second kappa shape index (κ2) is 4.45. The minimum absolute atomic E-state index is 0.0250. The lowest BCUT2D eigenvalue weighted by Crippen LogP contribution is -2.40. The molecule has 0 aromatic heterocycles. The molecule has 1 saturated carbocycles. The van der Waals surface area contributed by atoms with Gasteiger partial charge in [0.2, 0.25) is 0 Å². The Labute approximate surface area is 105 Å². The van der Waals surface area contributed by atoms with Gasteiger partial charge in [0.1, 0.15) is 0 Å². The third-order valence-electron chi connectivity index (χ3n) is 4.12. The van der Waals surface area contributed by atoms with Crippen molar-refractivity contribution >= 4 is 0 Å². The lowest BCUT2D eigenvalue weighted by atomic mass is 9.84. The van der Waals surface area contributed by atoms with E-state index in [1.807, 2.05) is 0 Å². The molecule has 1 heteroatoms. The summed E-state index contributed by atoms with van der Waals surface area (Å²) in [6.07, 6.45) is 5.71. The molecule has 1 nitrogen and oxygen atoms in total. The highest BCUT2D eigenvalue weighted by atomic mass is 14.8. The van der Waals surface area contributed by atoms with E-state index in [1.54, 1.807) is 0 Å². The zero-order valence-electron chi connectivity index (χ0n) is 11.4. The Balaban J connectivity index is 2.05. The Hall–Kier alpha value is -0.820. The van der Waals surface area contributed by atoms with Gasteiger partial charge in [-0.05, 0) is 48.6 Å². The molecule has 0 radical (unpaired) electrons. The molecule has 0 bridgehead atoms. The largest absolute Gasteiger partial charge is 0.325 e. The summed E-state index contributed by atoms with van der Waals surface area (Å²) < 4.78 is 0. The second-order valence-electron chi connectivity index (χ2n) is 6.55. The zero-order valence-corrected chi connectivity index (χ0v) is 11.4. The smallest absolute Gasteiger partial charge is 0.0200 e. The fraction of sp³-hybridized carbons (Fsp3) is 0.625. The van der Waals surface area contributed by atoms with E-state index in [-0.39, 0.29) is 5.54 Å². The predicted octanol–water partition coefficient (Wildman–Crippen LogP) is 3.70. The number of nitrogens with two attached hydrogens (primary N) is 1. The molecule has 1 aromatic rings. The van der Waals surface area contributed by atoms with Gasteiger partial charge in [0.05, 0.1) is 0 Å². The van der Waals surface area contributed by atoms with Crippen LogP contribution in [0.1, 0.15) is 51.2 Å². The normalized spacial score (nSPS) is 27.3. The summed E-state index contributed by atoms with van der Waals surface area (Å²) in [7, 11) is 0. The molecule has 1 aromatic carbocycles. The average Bonchev–Trinajstić information content (AvgIpc) is 2.54. The summed E-state index contributed by atoms with van der Waals surface area (Å²) in [5.41, 5.74) is 9.79. The summed E-state index contributed by atoms with van der Waals surface area (Å²) in [6, 6.07) is 8.97. The molecule has 1 aliphatic carbocycles. The van der Waals surface area contributed by atoms with Crippen LogP contribution in [0.3, 0.4) is 0 Å². The third-order valence-corrected chi connectivity index (χ3v) is 4.12. The lowest BCUT2D eigenvalue weighted by Gasteiger charge is -2.26. The first-order chi connectivity index (χ1) is 7.92. The van der Waals surface area contributed by atoms with E-state index in [4.69, 9.17) is 5.73 Å². The maximum Gasteiger partial charge on any atom is 0.0200 e. The van der Waals surface area contributed by atoms with Crippen molar-refractivity contribution in [3.05, 3.63) is 35.4 Å². The highest BCUT2D eigenvalue weighted by Crippen LogP contribution is 2.43. The van der Waals surface area contributed by atoms with Crippen LogP contribution < -0.4 is 5.73 Å². The van der Waals surface area contributed by atoms with Gasteiger partial charge in [-0.3, -0.25) is 0 Å². The van der Waals surface area contributed by atoms with Crippen molar-refractivity contribution in [2.75, 3.05) is 0 Å². The van der Waals surface area contributed by atoms with Gasteiger partial charge in [-0.2, -0.15) is 0 Å². The van der Waals surface area contributed by atoms with Gasteiger partial charge in [-0.1, -0.05) is 45.0 Å². The quantitative estimate of drug-likeness (QED) is 0.843. The first kappa shape index (κ1) is 12.6. The first-order valence-corrected chi connectivity index (χ1v) is 6.79. The van der Waals surface area contributed by atoms with Gasteiger partial charge in [-0.25, -0.2) is 0 Å². The van der Waals surface area contributed by atoms with Crippen molar-refractivity contribution < 1.29 is 0 Å².